The average Bonchev–Trinajstić information content (AvgIpc) is 2.94. The van der Waals surface area contributed by atoms with Crippen LogP contribution < -0.4 is 5.32 Å². The summed E-state index contributed by atoms with van der Waals surface area (Å²) in [5, 5.41) is 2.91. The van der Waals surface area contributed by atoms with Crippen LogP contribution in [0.25, 0.3) is 0 Å². The zero-order valence-electron chi connectivity index (χ0n) is 12.5. The molecule has 0 saturated carbocycles. The van der Waals surface area contributed by atoms with Crippen molar-refractivity contribution >= 4 is 6.09 Å². The third-order valence-electron chi connectivity index (χ3n) is 3.13. The molecule has 1 fully saturated rings. The molecule has 0 aliphatic carbocycles. The van der Waals surface area contributed by atoms with Crippen LogP contribution in [0.15, 0.2) is 6.20 Å². The Morgan fingerprint density at radius 3 is 2.85 bits per heavy atom. The van der Waals surface area contributed by atoms with Crippen molar-refractivity contribution in [2.75, 3.05) is 13.2 Å². The molecular weight excluding hydrogens is 258 g/mol. The van der Waals surface area contributed by atoms with E-state index in [1.54, 1.807) is 6.20 Å². The maximum atomic E-state index is 12.0. The lowest BCUT2D eigenvalue weighted by molar-refractivity contribution is 0.0478. The molecule has 0 spiro atoms. The number of aromatic amines is 1. The molecule has 1 aromatic rings. The number of H-pyrrole nitrogens is 1. The second-order valence-electron chi connectivity index (χ2n) is 6.20. The van der Waals surface area contributed by atoms with Crippen LogP contribution in [0.5, 0.6) is 0 Å². The average molecular weight is 281 g/mol. The summed E-state index contributed by atoms with van der Waals surface area (Å²) in [5.41, 5.74) is 0.454. The van der Waals surface area contributed by atoms with Crippen molar-refractivity contribution in [3.05, 3.63) is 17.7 Å². The highest BCUT2D eigenvalue weighted by atomic mass is 16.6. The lowest BCUT2D eigenvalue weighted by atomic mass is 9.98. The molecule has 6 nitrogen and oxygen atoms in total. The van der Waals surface area contributed by atoms with Gasteiger partial charge < -0.3 is 19.8 Å². The Morgan fingerprint density at radius 1 is 1.60 bits per heavy atom. The Bertz CT molecular complexity index is 458. The smallest absolute Gasteiger partial charge is 0.408 e. The van der Waals surface area contributed by atoms with E-state index in [4.69, 9.17) is 9.47 Å². The van der Waals surface area contributed by atoms with Crippen LogP contribution in [-0.2, 0) is 9.47 Å². The summed E-state index contributed by atoms with van der Waals surface area (Å²) in [6.45, 7) is 8.81. The molecule has 6 heteroatoms. The van der Waals surface area contributed by atoms with Crippen molar-refractivity contribution < 1.29 is 14.3 Å². The van der Waals surface area contributed by atoms with E-state index in [0.717, 1.165) is 24.5 Å². The van der Waals surface area contributed by atoms with Gasteiger partial charge in [-0.3, -0.25) is 0 Å². The van der Waals surface area contributed by atoms with Gasteiger partial charge in [-0.2, -0.15) is 0 Å². The second kappa shape index (κ2) is 5.83. The molecule has 2 rings (SSSR count). The summed E-state index contributed by atoms with van der Waals surface area (Å²) >= 11 is 0. The lowest BCUT2D eigenvalue weighted by Gasteiger charge is -2.25. The van der Waals surface area contributed by atoms with E-state index in [9.17, 15) is 4.79 Å². The van der Waals surface area contributed by atoms with Crippen LogP contribution in [0.4, 0.5) is 4.79 Å². The number of nitrogens with zero attached hydrogens (tertiary/aromatic N) is 1. The van der Waals surface area contributed by atoms with Crippen LogP contribution >= 0.6 is 0 Å². The zero-order chi connectivity index (χ0) is 14.8. The minimum absolute atomic E-state index is 0.207. The number of ether oxygens (including phenoxy) is 2. The van der Waals surface area contributed by atoms with Crippen molar-refractivity contribution in [2.45, 2.75) is 45.8 Å². The molecular formula is C14H23N3O3. The van der Waals surface area contributed by atoms with E-state index in [0.29, 0.717) is 6.61 Å². The summed E-state index contributed by atoms with van der Waals surface area (Å²) in [4.78, 5) is 19.5. The van der Waals surface area contributed by atoms with E-state index in [1.165, 1.54) is 0 Å². The second-order valence-corrected chi connectivity index (χ2v) is 6.20. The van der Waals surface area contributed by atoms with Gasteiger partial charge in [0.05, 0.1) is 12.6 Å². The molecule has 2 atom stereocenters. The molecule has 2 unspecified atom stereocenters. The van der Waals surface area contributed by atoms with E-state index in [1.807, 2.05) is 27.7 Å². The fourth-order valence-corrected chi connectivity index (χ4v) is 2.25. The van der Waals surface area contributed by atoms with Crippen molar-refractivity contribution in [3.8, 4) is 0 Å². The Balaban J connectivity index is 2.08. The fourth-order valence-electron chi connectivity index (χ4n) is 2.25. The van der Waals surface area contributed by atoms with Gasteiger partial charge in [-0.25, -0.2) is 9.78 Å². The molecule has 0 bridgehead atoms. The number of hydrogen-bond donors (Lipinski definition) is 2. The van der Waals surface area contributed by atoms with Gasteiger partial charge in [0.15, 0.2) is 0 Å². The number of aromatic nitrogens is 2. The van der Waals surface area contributed by atoms with E-state index in [2.05, 4.69) is 15.3 Å². The maximum Gasteiger partial charge on any atom is 0.408 e. The van der Waals surface area contributed by atoms with Gasteiger partial charge >= 0.3 is 6.09 Å². The van der Waals surface area contributed by atoms with Crippen LogP contribution in [0.3, 0.4) is 0 Å². The van der Waals surface area contributed by atoms with Gasteiger partial charge in [-0.05, 0) is 34.1 Å². The third kappa shape index (κ3) is 3.96. The van der Waals surface area contributed by atoms with Crippen LogP contribution in [0, 0.1) is 12.8 Å². The number of aryl methyl sites for hydroxylation is 1. The number of carbonyl (C=O) groups excluding carboxylic acids is 1. The summed E-state index contributed by atoms with van der Waals surface area (Å²) < 4.78 is 10.7. The Labute approximate surface area is 119 Å². The van der Waals surface area contributed by atoms with Gasteiger partial charge in [0.25, 0.3) is 0 Å². The SMILES string of the molecule is Cc1cnc(C(NC(=O)OC(C)(C)C)C2CCOC2)[nH]1. The maximum absolute atomic E-state index is 12.0. The van der Waals surface area contributed by atoms with Crippen molar-refractivity contribution in [3.63, 3.8) is 0 Å². The van der Waals surface area contributed by atoms with Crippen LogP contribution in [-0.4, -0.2) is 34.9 Å². The summed E-state index contributed by atoms with van der Waals surface area (Å²) in [7, 11) is 0. The number of rotatable bonds is 3. The molecule has 20 heavy (non-hydrogen) atoms. The van der Waals surface area contributed by atoms with Crippen molar-refractivity contribution in [1.82, 2.24) is 15.3 Å². The van der Waals surface area contributed by atoms with Gasteiger partial charge in [0, 0.05) is 24.4 Å². The standard InChI is InChI=1S/C14H23N3O3/c1-9-7-15-12(16-9)11(10-5-6-19-8-10)17-13(18)20-14(2,3)4/h7,10-11H,5-6,8H2,1-4H3,(H,15,16)(H,17,18). The number of amides is 1. The highest BCUT2D eigenvalue weighted by molar-refractivity contribution is 5.68. The molecule has 0 radical (unpaired) electrons. The van der Waals surface area contributed by atoms with Gasteiger partial charge in [0.2, 0.25) is 0 Å². The minimum atomic E-state index is -0.514. The monoisotopic (exact) mass is 281 g/mol. The van der Waals surface area contributed by atoms with Crippen LogP contribution in [0.1, 0.15) is 44.8 Å². The molecule has 112 valence electrons. The predicted octanol–water partition coefficient (Wildman–Crippen LogP) is 2.32. The van der Waals surface area contributed by atoms with E-state index >= 15 is 0 Å². The molecule has 2 N–H and O–H groups in total. The summed E-state index contributed by atoms with van der Waals surface area (Å²) in [5.74, 6) is 0.969. The topological polar surface area (TPSA) is 76.2 Å². The lowest BCUT2D eigenvalue weighted by Crippen LogP contribution is -2.38. The van der Waals surface area contributed by atoms with Gasteiger partial charge in [0.1, 0.15) is 11.4 Å². The zero-order valence-corrected chi connectivity index (χ0v) is 12.5. The molecule has 1 amide bonds. The molecule has 1 aromatic heterocycles. The molecule has 1 aliphatic heterocycles. The molecule has 1 saturated heterocycles. The molecule has 2 heterocycles. The minimum Gasteiger partial charge on any atom is -0.444 e. The van der Waals surface area contributed by atoms with Crippen molar-refractivity contribution in [1.29, 1.82) is 0 Å². The Hall–Kier alpha value is -1.56. The first-order chi connectivity index (χ1) is 9.35. The van der Waals surface area contributed by atoms with E-state index < -0.39 is 11.7 Å². The molecule has 1 aliphatic rings. The predicted molar refractivity (Wildman–Crippen MR) is 74.4 cm³/mol. The number of carbonyl (C=O) groups is 1. The normalized spacial score (nSPS) is 20.7. The first-order valence-electron chi connectivity index (χ1n) is 6.94. The first-order valence-corrected chi connectivity index (χ1v) is 6.94. The largest absolute Gasteiger partial charge is 0.444 e. The third-order valence-corrected chi connectivity index (χ3v) is 3.13. The number of nitrogens with one attached hydrogen (secondary N) is 2. The van der Waals surface area contributed by atoms with Crippen molar-refractivity contribution in [2.24, 2.45) is 5.92 Å². The fraction of sp³-hybridized carbons (Fsp3) is 0.714. The van der Waals surface area contributed by atoms with Crippen LogP contribution in [0.2, 0.25) is 0 Å². The quantitative estimate of drug-likeness (QED) is 0.891. The van der Waals surface area contributed by atoms with Gasteiger partial charge in [-0.15, -0.1) is 0 Å². The van der Waals surface area contributed by atoms with Gasteiger partial charge in [-0.1, -0.05) is 0 Å². The Kier molecular flexibility index (Phi) is 4.32. The molecule has 0 aromatic carbocycles. The first kappa shape index (κ1) is 14.8. The number of imidazole rings is 1. The summed E-state index contributed by atoms with van der Waals surface area (Å²) in [6, 6.07) is -0.207. The highest BCUT2D eigenvalue weighted by Crippen LogP contribution is 2.27. The number of hydrogen-bond acceptors (Lipinski definition) is 4. The highest BCUT2D eigenvalue weighted by Gasteiger charge is 2.31. The Morgan fingerprint density at radius 2 is 2.35 bits per heavy atom. The van der Waals surface area contributed by atoms with E-state index in [-0.39, 0.29) is 12.0 Å². The number of alkyl carbamates (subject to hydrolysis) is 1. The summed E-state index contributed by atoms with van der Waals surface area (Å²) in [6.07, 6.45) is 2.23.